The largest absolute Gasteiger partial charge is 0.385 e. The highest BCUT2D eigenvalue weighted by molar-refractivity contribution is 7.09. The minimum Gasteiger partial charge on any atom is -0.385 e. The average Bonchev–Trinajstić information content (AvgIpc) is 2.99. The molecular weight excluding hydrogens is 264 g/mol. The maximum atomic E-state index is 3.51. The van der Waals surface area contributed by atoms with Gasteiger partial charge >= 0.3 is 0 Å². The van der Waals surface area contributed by atoms with Gasteiger partial charge in [0.05, 0.1) is 0 Å². The van der Waals surface area contributed by atoms with Crippen molar-refractivity contribution >= 4 is 17.0 Å². The summed E-state index contributed by atoms with van der Waals surface area (Å²) in [6.07, 6.45) is 3.63. The SMILES string of the molecule is CN(CCc1cccs1)Cc1cccc2c1CCCN2. The average molecular weight is 286 g/mol. The minimum atomic E-state index is 1.05. The van der Waals surface area contributed by atoms with E-state index in [0.29, 0.717) is 0 Å². The Hall–Kier alpha value is -1.32. The van der Waals surface area contributed by atoms with Gasteiger partial charge in [-0.3, -0.25) is 0 Å². The number of rotatable bonds is 5. The summed E-state index contributed by atoms with van der Waals surface area (Å²) in [5.41, 5.74) is 4.37. The molecule has 20 heavy (non-hydrogen) atoms. The van der Waals surface area contributed by atoms with Crippen LogP contribution in [-0.4, -0.2) is 25.0 Å². The Morgan fingerprint density at radius 3 is 3.05 bits per heavy atom. The number of nitrogens with one attached hydrogen (secondary N) is 1. The van der Waals surface area contributed by atoms with Gasteiger partial charge in [-0.2, -0.15) is 0 Å². The van der Waals surface area contributed by atoms with Gasteiger partial charge in [0, 0.05) is 30.2 Å². The van der Waals surface area contributed by atoms with Crippen LogP contribution in [0.4, 0.5) is 5.69 Å². The second-order valence-electron chi connectivity index (χ2n) is 5.54. The third kappa shape index (κ3) is 3.22. The second-order valence-corrected chi connectivity index (χ2v) is 6.57. The fourth-order valence-corrected chi connectivity index (χ4v) is 3.56. The summed E-state index contributed by atoms with van der Waals surface area (Å²) in [4.78, 5) is 3.91. The fraction of sp³-hybridized carbons (Fsp3) is 0.412. The molecule has 0 spiro atoms. The second kappa shape index (κ2) is 6.42. The Bertz CT molecular complexity index is 548. The highest BCUT2D eigenvalue weighted by Crippen LogP contribution is 2.26. The van der Waals surface area contributed by atoms with Crippen molar-refractivity contribution < 1.29 is 0 Å². The zero-order valence-electron chi connectivity index (χ0n) is 12.1. The molecule has 0 fully saturated rings. The lowest BCUT2D eigenvalue weighted by Crippen LogP contribution is -2.22. The summed E-state index contributed by atoms with van der Waals surface area (Å²) >= 11 is 1.86. The molecule has 1 N–H and O–H groups in total. The van der Waals surface area contributed by atoms with Crippen LogP contribution in [0.2, 0.25) is 0 Å². The van der Waals surface area contributed by atoms with E-state index < -0.39 is 0 Å². The van der Waals surface area contributed by atoms with E-state index in [-0.39, 0.29) is 0 Å². The Balaban J connectivity index is 1.62. The van der Waals surface area contributed by atoms with Gasteiger partial charge in [0.15, 0.2) is 0 Å². The lowest BCUT2D eigenvalue weighted by Gasteiger charge is -2.24. The molecule has 3 heteroatoms. The molecule has 0 saturated carbocycles. The van der Waals surface area contributed by atoms with Crippen molar-refractivity contribution in [2.75, 3.05) is 25.5 Å². The molecule has 0 amide bonds. The maximum Gasteiger partial charge on any atom is 0.0375 e. The van der Waals surface area contributed by atoms with Crippen molar-refractivity contribution in [2.24, 2.45) is 0 Å². The molecular formula is C17H22N2S. The molecule has 1 aromatic carbocycles. The maximum absolute atomic E-state index is 3.51. The van der Waals surface area contributed by atoms with Gasteiger partial charge in [-0.25, -0.2) is 0 Å². The molecule has 1 aliphatic heterocycles. The van der Waals surface area contributed by atoms with E-state index in [2.05, 4.69) is 53.0 Å². The van der Waals surface area contributed by atoms with Crippen LogP contribution in [0.1, 0.15) is 22.4 Å². The first kappa shape index (κ1) is 13.7. The number of anilines is 1. The standard InChI is InChI=1S/C17H22N2S/c1-19(11-9-15-6-4-12-20-15)13-14-5-2-8-17-16(14)7-3-10-18-17/h2,4-6,8,12,18H,3,7,9-11,13H2,1H3. The molecule has 3 rings (SSSR count). The summed E-state index contributed by atoms with van der Waals surface area (Å²) in [5, 5.41) is 5.68. The van der Waals surface area contributed by atoms with E-state index >= 15 is 0 Å². The molecule has 0 radical (unpaired) electrons. The van der Waals surface area contributed by atoms with Crippen molar-refractivity contribution in [1.29, 1.82) is 0 Å². The summed E-state index contributed by atoms with van der Waals surface area (Å²) in [7, 11) is 2.23. The third-order valence-corrected chi connectivity index (χ3v) is 4.89. The Morgan fingerprint density at radius 2 is 2.20 bits per heavy atom. The Morgan fingerprint density at radius 1 is 1.25 bits per heavy atom. The van der Waals surface area contributed by atoms with Gasteiger partial charge < -0.3 is 10.2 Å². The lowest BCUT2D eigenvalue weighted by atomic mass is 9.97. The van der Waals surface area contributed by atoms with Crippen LogP contribution in [0.25, 0.3) is 0 Å². The number of hydrogen-bond donors (Lipinski definition) is 1. The molecule has 0 aliphatic carbocycles. The van der Waals surface area contributed by atoms with Crippen LogP contribution >= 0.6 is 11.3 Å². The number of likely N-dealkylation sites (N-methyl/N-ethyl adjacent to an activating group) is 1. The number of nitrogens with zero attached hydrogens (tertiary/aromatic N) is 1. The summed E-state index contributed by atoms with van der Waals surface area (Å²) in [5.74, 6) is 0. The van der Waals surface area contributed by atoms with Crippen LogP contribution in [0, 0.1) is 0 Å². The molecule has 0 saturated heterocycles. The number of fused-ring (bicyclic) bond motifs is 1. The monoisotopic (exact) mass is 286 g/mol. The van der Waals surface area contributed by atoms with Crippen LogP contribution < -0.4 is 5.32 Å². The van der Waals surface area contributed by atoms with Gasteiger partial charge in [-0.1, -0.05) is 18.2 Å². The van der Waals surface area contributed by atoms with E-state index in [1.807, 2.05) is 11.3 Å². The van der Waals surface area contributed by atoms with Crippen molar-refractivity contribution in [1.82, 2.24) is 4.90 Å². The first-order chi connectivity index (χ1) is 9.83. The lowest BCUT2D eigenvalue weighted by molar-refractivity contribution is 0.331. The van der Waals surface area contributed by atoms with E-state index in [4.69, 9.17) is 0 Å². The minimum absolute atomic E-state index is 1.05. The molecule has 0 bridgehead atoms. The highest BCUT2D eigenvalue weighted by Gasteiger charge is 2.13. The summed E-state index contributed by atoms with van der Waals surface area (Å²) < 4.78 is 0. The number of thiophene rings is 1. The zero-order chi connectivity index (χ0) is 13.8. The summed E-state index contributed by atoms with van der Waals surface area (Å²) in [6.45, 7) is 3.29. The van der Waals surface area contributed by atoms with E-state index in [0.717, 1.165) is 26.1 Å². The molecule has 2 heterocycles. The number of benzene rings is 1. The van der Waals surface area contributed by atoms with Crippen LogP contribution in [-0.2, 0) is 19.4 Å². The molecule has 106 valence electrons. The van der Waals surface area contributed by atoms with E-state index in [1.54, 1.807) is 0 Å². The van der Waals surface area contributed by atoms with Gasteiger partial charge in [0.1, 0.15) is 0 Å². The topological polar surface area (TPSA) is 15.3 Å². The fourth-order valence-electron chi connectivity index (χ4n) is 2.86. The smallest absolute Gasteiger partial charge is 0.0375 e. The van der Waals surface area contributed by atoms with Gasteiger partial charge in [0.2, 0.25) is 0 Å². The molecule has 0 atom stereocenters. The van der Waals surface area contributed by atoms with E-state index in [1.165, 1.54) is 34.5 Å². The number of hydrogen-bond acceptors (Lipinski definition) is 3. The Kier molecular flexibility index (Phi) is 4.38. The predicted molar refractivity (Wildman–Crippen MR) is 87.6 cm³/mol. The third-order valence-electron chi connectivity index (χ3n) is 3.95. The van der Waals surface area contributed by atoms with E-state index in [9.17, 15) is 0 Å². The summed E-state index contributed by atoms with van der Waals surface area (Å²) in [6, 6.07) is 11.0. The van der Waals surface area contributed by atoms with Crippen molar-refractivity contribution in [3.63, 3.8) is 0 Å². The molecule has 2 aromatic rings. The van der Waals surface area contributed by atoms with Crippen molar-refractivity contribution in [3.8, 4) is 0 Å². The van der Waals surface area contributed by atoms with Gasteiger partial charge in [-0.15, -0.1) is 11.3 Å². The van der Waals surface area contributed by atoms with Gasteiger partial charge in [0.25, 0.3) is 0 Å². The quantitative estimate of drug-likeness (QED) is 0.900. The normalized spacial score (nSPS) is 14.1. The Labute approximate surface area is 125 Å². The van der Waals surface area contributed by atoms with Crippen LogP contribution in [0.15, 0.2) is 35.7 Å². The van der Waals surface area contributed by atoms with Crippen LogP contribution in [0.5, 0.6) is 0 Å². The van der Waals surface area contributed by atoms with Crippen LogP contribution in [0.3, 0.4) is 0 Å². The molecule has 2 nitrogen and oxygen atoms in total. The predicted octanol–water partition coefficient (Wildman–Crippen LogP) is 3.78. The highest BCUT2D eigenvalue weighted by atomic mass is 32.1. The molecule has 1 aliphatic rings. The van der Waals surface area contributed by atoms with Gasteiger partial charge in [-0.05, 0) is 54.9 Å². The van der Waals surface area contributed by atoms with Crippen molar-refractivity contribution in [3.05, 3.63) is 51.7 Å². The first-order valence-electron chi connectivity index (χ1n) is 7.38. The van der Waals surface area contributed by atoms with Crippen molar-refractivity contribution in [2.45, 2.75) is 25.8 Å². The molecule has 1 aromatic heterocycles. The zero-order valence-corrected chi connectivity index (χ0v) is 12.9. The first-order valence-corrected chi connectivity index (χ1v) is 8.26. The molecule has 0 unspecified atom stereocenters.